The molecule has 162 valence electrons. The zero-order chi connectivity index (χ0) is 21.8. The van der Waals surface area contributed by atoms with Gasteiger partial charge in [0.1, 0.15) is 11.6 Å². The van der Waals surface area contributed by atoms with Gasteiger partial charge < -0.3 is 19.9 Å². The number of hydrogen-bond donors (Lipinski definition) is 1. The number of pyridine rings is 1. The molecule has 0 unspecified atom stereocenters. The smallest absolute Gasteiger partial charge is 0.387 e. The molecule has 1 aliphatic rings. The lowest BCUT2D eigenvalue weighted by molar-refractivity contribution is -0.0498. The van der Waals surface area contributed by atoms with Crippen LogP contribution in [0.3, 0.4) is 0 Å². The number of ether oxygens (including phenoxy) is 1. The van der Waals surface area contributed by atoms with Gasteiger partial charge >= 0.3 is 6.61 Å². The minimum atomic E-state index is -2.89. The highest BCUT2D eigenvalue weighted by atomic mass is 19.3. The number of hydrogen-bond acceptors (Lipinski definition) is 7. The summed E-state index contributed by atoms with van der Waals surface area (Å²) in [5.41, 5.74) is 1.44. The SMILES string of the molecule is CN1CCN(c2nccc(Nc3cc(-c4ccc(OC(F)F)cc4)cnc3F)n2)CC1. The van der Waals surface area contributed by atoms with E-state index >= 15 is 0 Å². The Balaban J connectivity index is 1.52. The van der Waals surface area contributed by atoms with Crippen molar-refractivity contribution in [1.82, 2.24) is 19.9 Å². The molecule has 0 aliphatic carbocycles. The van der Waals surface area contributed by atoms with E-state index in [1.807, 2.05) is 0 Å². The lowest BCUT2D eigenvalue weighted by Crippen LogP contribution is -2.45. The molecule has 31 heavy (non-hydrogen) atoms. The number of benzene rings is 1. The average Bonchev–Trinajstić information content (AvgIpc) is 2.76. The molecule has 1 aliphatic heterocycles. The third-order valence-corrected chi connectivity index (χ3v) is 4.94. The number of nitrogens with one attached hydrogen (secondary N) is 1. The minimum absolute atomic E-state index is 0.0459. The molecule has 1 fully saturated rings. The molecule has 10 heteroatoms. The first-order valence-corrected chi connectivity index (χ1v) is 9.72. The Bertz CT molecular complexity index is 1030. The quantitative estimate of drug-likeness (QED) is 0.597. The lowest BCUT2D eigenvalue weighted by atomic mass is 10.1. The Morgan fingerprint density at radius 1 is 1.00 bits per heavy atom. The van der Waals surface area contributed by atoms with E-state index in [2.05, 4.69) is 41.9 Å². The molecule has 1 aromatic carbocycles. The molecule has 3 heterocycles. The molecule has 7 nitrogen and oxygen atoms in total. The molecular weight excluding hydrogens is 409 g/mol. The van der Waals surface area contributed by atoms with Crippen LogP contribution in [0.15, 0.2) is 48.8 Å². The third-order valence-electron chi connectivity index (χ3n) is 4.94. The van der Waals surface area contributed by atoms with Crippen LogP contribution in [0.4, 0.5) is 30.6 Å². The molecule has 3 aromatic rings. The van der Waals surface area contributed by atoms with E-state index in [9.17, 15) is 13.2 Å². The first-order chi connectivity index (χ1) is 15.0. The fourth-order valence-corrected chi connectivity index (χ4v) is 3.24. The highest BCUT2D eigenvalue weighted by Gasteiger charge is 2.17. The summed E-state index contributed by atoms with van der Waals surface area (Å²) in [4.78, 5) is 16.9. The van der Waals surface area contributed by atoms with Gasteiger partial charge in [-0.05, 0) is 36.9 Å². The van der Waals surface area contributed by atoms with Gasteiger partial charge in [-0.3, -0.25) is 0 Å². The van der Waals surface area contributed by atoms with Gasteiger partial charge in [0, 0.05) is 44.1 Å². The van der Waals surface area contributed by atoms with Crippen molar-refractivity contribution in [3.05, 3.63) is 54.7 Å². The van der Waals surface area contributed by atoms with Crippen molar-refractivity contribution in [2.24, 2.45) is 0 Å². The zero-order valence-corrected chi connectivity index (χ0v) is 16.8. The van der Waals surface area contributed by atoms with Crippen molar-refractivity contribution in [2.45, 2.75) is 6.61 Å². The van der Waals surface area contributed by atoms with E-state index in [1.165, 1.54) is 18.3 Å². The van der Waals surface area contributed by atoms with Gasteiger partial charge in [0.15, 0.2) is 0 Å². The van der Waals surface area contributed by atoms with Gasteiger partial charge in [-0.15, -0.1) is 0 Å². The Morgan fingerprint density at radius 2 is 1.74 bits per heavy atom. The summed E-state index contributed by atoms with van der Waals surface area (Å²) in [5.74, 6) is 0.394. The Hall–Kier alpha value is -3.40. The number of alkyl halides is 2. The van der Waals surface area contributed by atoms with Crippen LogP contribution in [0.5, 0.6) is 5.75 Å². The van der Waals surface area contributed by atoms with E-state index in [0.29, 0.717) is 22.9 Å². The Morgan fingerprint density at radius 3 is 2.45 bits per heavy atom. The predicted molar refractivity (Wildman–Crippen MR) is 111 cm³/mol. The molecule has 1 N–H and O–H groups in total. The highest BCUT2D eigenvalue weighted by Crippen LogP contribution is 2.27. The van der Waals surface area contributed by atoms with Gasteiger partial charge in [-0.25, -0.2) is 9.97 Å². The largest absolute Gasteiger partial charge is 0.435 e. The number of anilines is 3. The van der Waals surface area contributed by atoms with Crippen LogP contribution >= 0.6 is 0 Å². The predicted octanol–water partition coefficient (Wildman–Crippen LogP) is 3.77. The van der Waals surface area contributed by atoms with Crippen LogP contribution in [0.2, 0.25) is 0 Å². The van der Waals surface area contributed by atoms with Crippen molar-refractivity contribution in [1.29, 1.82) is 0 Å². The maximum absolute atomic E-state index is 14.3. The van der Waals surface area contributed by atoms with Gasteiger partial charge in [-0.1, -0.05) is 12.1 Å². The molecule has 0 spiro atoms. The summed E-state index contributed by atoms with van der Waals surface area (Å²) in [5, 5.41) is 2.96. The fraction of sp³-hybridized carbons (Fsp3) is 0.286. The Kier molecular flexibility index (Phi) is 6.17. The van der Waals surface area contributed by atoms with Gasteiger partial charge in [0.2, 0.25) is 11.9 Å². The van der Waals surface area contributed by atoms with Gasteiger partial charge in [0.05, 0.1) is 5.69 Å². The molecule has 0 bridgehead atoms. The maximum atomic E-state index is 14.3. The summed E-state index contributed by atoms with van der Waals surface area (Å²) in [6.45, 7) is 0.580. The molecule has 1 saturated heterocycles. The highest BCUT2D eigenvalue weighted by molar-refractivity contribution is 5.69. The van der Waals surface area contributed by atoms with Crippen molar-refractivity contribution in [2.75, 3.05) is 43.4 Å². The second kappa shape index (κ2) is 9.17. The minimum Gasteiger partial charge on any atom is -0.435 e. The molecule has 0 amide bonds. The van der Waals surface area contributed by atoms with E-state index in [1.54, 1.807) is 30.5 Å². The van der Waals surface area contributed by atoms with Crippen LogP contribution in [0.1, 0.15) is 0 Å². The molecule has 4 rings (SSSR count). The van der Waals surface area contributed by atoms with Crippen molar-refractivity contribution < 1.29 is 17.9 Å². The van der Waals surface area contributed by atoms with Crippen molar-refractivity contribution >= 4 is 17.5 Å². The van der Waals surface area contributed by atoms with Crippen molar-refractivity contribution in [3.63, 3.8) is 0 Å². The average molecular weight is 430 g/mol. The number of piperazine rings is 1. The van der Waals surface area contributed by atoms with E-state index in [4.69, 9.17) is 0 Å². The number of likely N-dealkylation sites (N-methyl/N-ethyl adjacent to an activating group) is 1. The summed E-state index contributed by atoms with van der Waals surface area (Å²) < 4.78 is 43.3. The van der Waals surface area contributed by atoms with E-state index in [-0.39, 0.29) is 11.4 Å². The number of aromatic nitrogens is 3. The van der Waals surface area contributed by atoms with Crippen LogP contribution in [-0.2, 0) is 0 Å². The van der Waals surface area contributed by atoms with Crippen LogP contribution in [0, 0.1) is 5.95 Å². The first kappa shape index (κ1) is 20.9. The Labute approximate surface area is 177 Å². The summed E-state index contributed by atoms with van der Waals surface area (Å²) in [6, 6.07) is 9.29. The fourth-order valence-electron chi connectivity index (χ4n) is 3.24. The standard InChI is InChI=1S/C21H21F3N6O/c1-29-8-10-30(11-9-29)21-25-7-6-18(28-21)27-17-12-15(13-26-19(17)22)14-2-4-16(5-3-14)31-20(23)24/h2-7,12-13,20H,8-11H2,1H3,(H,25,27,28). The molecule has 0 radical (unpaired) electrons. The van der Waals surface area contributed by atoms with Crippen LogP contribution < -0.4 is 15.0 Å². The maximum Gasteiger partial charge on any atom is 0.387 e. The van der Waals surface area contributed by atoms with E-state index in [0.717, 1.165) is 26.2 Å². The van der Waals surface area contributed by atoms with Crippen molar-refractivity contribution in [3.8, 4) is 16.9 Å². The normalized spacial score (nSPS) is 14.7. The third kappa shape index (κ3) is 5.21. The summed E-state index contributed by atoms with van der Waals surface area (Å²) in [6.07, 6.45) is 3.00. The number of rotatable bonds is 6. The molecule has 0 atom stereocenters. The molecular formula is C21H21F3N6O. The first-order valence-electron chi connectivity index (χ1n) is 9.72. The van der Waals surface area contributed by atoms with Crippen LogP contribution in [0.25, 0.3) is 11.1 Å². The van der Waals surface area contributed by atoms with Gasteiger partial charge in [-0.2, -0.15) is 18.2 Å². The van der Waals surface area contributed by atoms with Crippen LogP contribution in [-0.4, -0.2) is 59.7 Å². The monoisotopic (exact) mass is 430 g/mol. The van der Waals surface area contributed by atoms with Gasteiger partial charge in [0.25, 0.3) is 0 Å². The summed E-state index contributed by atoms with van der Waals surface area (Å²) >= 11 is 0. The molecule has 2 aromatic heterocycles. The second-order valence-electron chi connectivity index (χ2n) is 7.12. The number of halogens is 3. The summed E-state index contributed by atoms with van der Waals surface area (Å²) in [7, 11) is 2.07. The molecule has 0 saturated carbocycles. The second-order valence-corrected chi connectivity index (χ2v) is 7.12. The topological polar surface area (TPSA) is 66.4 Å². The zero-order valence-electron chi connectivity index (χ0n) is 16.8. The van der Waals surface area contributed by atoms with E-state index < -0.39 is 12.6 Å². The number of nitrogens with zero attached hydrogens (tertiary/aromatic N) is 5. The lowest BCUT2D eigenvalue weighted by Gasteiger charge is -2.32.